The summed E-state index contributed by atoms with van der Waals surface area (Å²) in [5, 5.41) is 0. The molecule has 0 amide bonds. The van der Waals surface area contributed by atoms with Crippen molar-refractivity contribution in [2.75, 3.05) is 26.4 Å². The van der Waals surface area contributed by atoms with Crippen molar-refractivity contribution in [2.24, 2.45) is 0 Å². The van der Waals surface area contributed by atoms with Crippen LogP contribution in [0.25, 0.3) is 0 Å². The van der Waals surface area contributed by atoms with Crippen LogP contribution in [0, 0.1) is 0 Å². The molecule has 0 aliphatic rings. The topological polar surface area (TPSA) is 105 Å². The second-order valence-electron chi connectivity index (χ2n) is 8.79. The van der Waals surface area contributed by atoms with Gasteiger partial charge in [0, 0.05) is 24.3 Å². The number of hydrogen-bond acceptors (Lipinski definition) is 8. The van der Waals surface area contributed by atoms with Gasteiger partial charge in [0.1, 0.15) is 0 Å². The first kappa shape index (κ1) is 38.0. The normalized spacial score (nSPS) is 9.74. The van der Waals surface area contributed by atoms with Gasteiger partial charge in [0.25, 0.3) is 0 Å². The predicted octanol–water partition coefficient (Wildman–Crippen LogP) is 6.74. The Morgan fingerprint density at radius 1 is 0.333 bits per heavy atom. The lowest BCUT2D eigenvalue weighted by atomic mass is 10.1. The summed E-state index contributed by atoms with van der Waals surface area (Å²) in [6.45, 7) is 15.3. The minimum Gasteiger partial charge on any atom is -0.463 e. The van der Waals surface area contributed by atoms with Crippen molar-refractivity contribution < 1.29 is 38.1 Å². The molecule has 0 aromatic rings. The van der Waals surface area contributed by atoms with E-state index in [0.29, 0.717) is 26.4 Å². The van der Waals surface area contributed by atoms with Crippen molar-refractivity contribution in [1.29, 1.82) is 0 Å². The van der Waals surface area contributed by atoms with Crippen molar-refractivity contribution in [3.05, 3.63) is 50.6 Å². The molecule has 0 radical (unpaired) electrons. The molecule has 0 saturated carbocycles. The maximum atomic E-state index is 10.8. The zero-order valence-corrected chi connectivity index (χ0v) is 23.8. The Hall–Kier alpha value is -3.16. The third-order valence-corrected chi connectivity index (χ3v) is 5.47. The number of esters is 4. The van der Waals surface area contributed by atoms with Crippen LogP contribution in [0.3, 0.4) is 0 Å². The summed E-state index contributed by atoms with van der Waals surface area (Å²) in [5.41, 5.74) is 0. The summed E-state index contributed by atoms with van der Waals surface area (Å²) in [7, 11) is 0. The van der Waals surface area contributed by atoms with Crippen molar-refractivity contribution in [2.45, 2.75) is 96.3 Å². The molecule has 0 atom stereocenters. The zero-order chi connectivity index (χ0) is 29.4. The van der Waals surface area contributed by atoms with Crippen molar-refractivity contribution in [1.82, 2.24) is 0 Å². The summed E-state index contributed by atoms with van der Waals surface area (Å²) in [4.78, 5) is 43.0. The fraction of sp³-hybridized carbons (Fsp3) is 0.613. The molecule has 0 aliphatic carbocycles. The summed E-state index contributed by atoms with van der Waals surface area (Å²) >= 11 is 0. The molecular formula is C31H50O8. The van der Waals surface area contributed by atoms with Crippen molar-refractivity contribution in [3.8, 4) is 0 Å². The molecule has 0 fully saturated rings. The summed E-state index contributed by atoms with van der Waals surface area (Å²) in [6.07, 6.45) is 20.8. The Bertz CT molecular complexity index is 641. The van der Waals surface area contributed by atoms with Crippen LogP contribution in [0.15, 0.2) is 50.6 Å². The van der Waals surface area contributed by atoms with Crippen LogP contribution in [0.5, 0.6) is 0 Å². The Morgan fingerprint density at radius 2 is 0.487 bits per heavy atom. The molecule has 0 unspecified atom stereocenters. The van der Waals surface area contributed by atoms with Crippen molar-refractivity contribution >= 4 is 23.9 Å². The maximum Gasteiger partial charge on any atom is 0.330 e. The molecule has 0 N–H and O–H groups in total. The molecule has 0 aromatic heterocycles. The van der Waals surface area contributed by atoms with E-state index in [-0.39, 0.29) is 23.9 Å². The monoisotopic (exact) mass is 550 g/mol. The number of carbonyl (C=O) groups is 4. The fourth-order valence-electron chi connectivity index (χ4n) is 3.28. The molecule has 0 rings (SSSR count). The highest BCUT2D eigenvalue weighted by molar-refractivity contribution is 5.82. The average molecular weight is 551 g/mol. The highest BCUT2D eigenvalue weighted by Gasteiger charge is 1.99. The van der Waals surface area contributed by atoms with E-state index in [1.54, 1.807) is 0 Å². The second kappa shape index (κ2) is 31.1. The summed E-state index contributed by atoms with van der Waals surface area (Å²) in [5.74, 6) is -1.40. The van der Waals surface area contributed by atoms with Crippen LogP contribution in [-0.2, 0) is 38.1 Å². The van der Waals surface area contributed by atoms with Crippen LogP contribution in [0.2, 0.25) is 0 Å². The van der Waals surface area contributed by atoms with Crippen LogP contribution < -0.4 is 0 Å². The molecule has 0 bridgehead atoms. The smallest absolute Gasteiger partial charge is 0.330 e. The van der Waals surface area contributed by atoms with Gasteiger partial charge >= 0.3 is 23.9 Å². The SMILES string of the molecule is C=CC(=O)OCCCCCCCCCCOC(=O)C=C.C=CC(=O)OCCCCCCCCCOC(=O)C=C. The molecule has 0 aromatic carbocycles. The van der Waals surface area contributed by atoms with Gasteiger partial charge in [-0.1, -0.05) is 96.9 Å². The summed E-state index contributed by atoms with van der Waals surface area (Å²) in [6, 6.07) is 0. The molecule has 0 heterocycles. The maximum absolute atomic E-state index is 10.8. The number of hydrogen-bond donors (Lipinski definition) is 0. The van der Waals surface area contributed by atoms with E-state index in [1.165, 1.54) is 37.1 Å². The van der Waals surface area contributed by atoms with Gasteiger partial charge < -0.3 is 18.9 Å². The lowest BCUT2D eigenvalue weighted by molar-refractivity contribution is -0.138. The third kappa shape index (κ3) is 32.8. The quantitative estimate of drug-likeness (QED) is 0.0532. The molecule has 0 aliphatic heterocycles. The van der Waals surface area contributed by atoms with Crippen LogP contribution >= 0.6 is 0 Å². The standard InChI is InChI=1S/C16H26O4.C15H24O4/c1-3-15(17)19-13-11-9-7-5-6-8-10-12-14-20-16(18)4-2;1-3-14(16)18-12-10-8-6-5-7-9-11-13-19-15(17)4-2/h3-4H,1-2,5-14H2;3-4H,1-2,5-13H2. The second-order valence-corrected chi connectivity index (χ2v) is 8.79. The van der Waals surface area contributed by atoms with E-state index in [2.05, 4.69) is 26.3 Å². The molecular weight excluding hydrogens is 500 g/mol. The van der Waals surface area contributed by atoms with Gasteiger partial charge in [-0.2, -0.15) is 0 Å². The first-order chi connectivity index (χ1) is 18.9. The Balaban J connectivity index is 0. The van der Waals surface area contributed by atoms with Gasteiger partial charge in [-0.15, -0.1) is 0 Å². The van der Waals surface area contributed by atoms with Gasteiger partial charge in [0.05, 0.1) is 26.4 Å². The number of unbranched alkanes of at least 4 members (excludes halogenated alkanes) is 13. The molecule has 39 heavy (non-hydrogen) atoms. The van der Waals surface area contributed by atoms with E-state index < -0.39 is 0 Å². The third-order valence-electron chi connectivity index (χ3n) is 5.47. The molecule has 0 spiro atoms. The van der Waals surface area contributed by atoms with Gasteiger partial charge in [0.15, 0.2) is 0 Å². The van der Waals surface area contributed by atoms with Crippen LogP contribution in [0.4, 0.5) is 0 Å². The number of rotatable bonds is 25. The van der Waals surface area contributed by atoms with E-state index in [1.807, 2.05) is 0 Å². The van der Waals surface area contributed by atoms with E-state index in [4.69, 9.17) is 18.9 Å². The predicted molar refractivity (Wildman–Crippen MR) is 154 cm³/mol. The van der Waals surface area contributed by atoms with Crippen LogP contribution in [-0.4, -0.2) is 50.3 Å². The average Bonchev–Trinajstić information content (AvgIpc) is 2.95. The molecule has 8 nitrogen and oxygen atoms in total. The first-order valence-corrected chi connectivity index (χ1v) is 14.1. The highest BCUT2D eigenvalue weighted by atomic mass is 16.5. The lowest BCUT2D eigenvalue weighted by Gasteiger charge is -2.03. The van der Waals surface area contributed by atoms with Gasteiger partial charge in [-0.3, -0.25) is 0 Å². The number of carbonyl (C=O) groups excluding carboxylic acids is 4. The lowest BCUT2D eigenvalue weighted by Crippen LogP contribution is -2.02. The molecule has 222 valence electrons. The molecule has 8 heteroatoms. The summed E-state index contributed by atoms with van der Waals surface area (Å²) < 4.78 is 19.5. The number of ether oxygens (including phenoxy) is 4. The zero-order valence-electron chi connectivity index (χ0n) is 23.8. The highest BCUT2D eigenvalue weighted by Crippen LogP contribution is 2.09. The Kier molecular flexibility index (Phi) is 30.3. The van der Waals surface area contributed by atoms with Crippen molar-refractivity contribution in [3.63, 3.8) is 0 Å². The first-order valence-electron chi connectivity index (χ1n) is 14.1. The molecule has 0 saturated heterocycles. The van der Waals surface area contributed by atoms with E-state index in [0.717, 1.165) is 83.5 Å². The van der Waals surface area contributed by atoms with Crippen LogP contribution in [0.1, 0.15) is 96.3 Å². The Labute approximate surface area is 235 Å². The van der Waals surface area contributed by atoms with Gasteiger partial charge in [0.2, 0.25) is 0 Å². The largest absolute Gasteiger partial charge is 0.463 e. The van der Waals surface area contributed by atoms with E-state index >= 15 is 0 Å². The fourth-order valence-corrected chi connectivity index (χ4v) is 3.28. The Morgan fingerprint density at radius 3 is 0.641 bits per heavy atom. The van der Waals surface area contributed by atoms with E-state index in [9.17, 15) is 19.2 Å². The van der Waals surface area contributed by atoms with Gasteiger partial charge in [-0.25, -0.2) is 19.2 Å². The van der Waals surface area contributed by atoms with Gasteiger partial charge in [-0.05, 0) is 25.7 Å². The minimum absolute atomic E-state index is 0.345. The minimum atomic E-state index is -0.353.